The first-order valence-corrected chi connectivity index (χ1v) is 6.88. The Hall–Kier alpha value is -0.850. The first-order valence-electron chi connectivity index (χ1n) is 4.92. The molecule has 0 aliphatic carbocycles. The van der Waals surface area contributed by atoms with Gasteiger partial charge in [0.2, 0.25) is 0 Å². The van der Waals surface area contributed by atoms with Gasteiger partial charge in [-0.25, -0.2) is 0 Å². The molecule has 0 aliphatic rings. The highest BCUT2D eigenvalue weighted by Crippen LogP contribution is 2.38. The Morgan fingerprint density at radius 2 is 1.50 bits per heavy atom. The number of nitrogens with zero attached hydrogens (tertiary/aromatic N) is 1. The normalized spacial score (nSPS) is 10.1. The van der Waals surface area contributed by atoms with Crippen LogP contribution in [0.25, 0.3) is 0 Å². The van der Waals surface area contributed by atoms with Crippen LogP contribution >= 0.6 is 46.6 Å². The number of hydrogen-bond donors (Lipinski definition) is 0. The van der Waals surface area contributed by atoms with Crippen LogP contribution in [0.5, 0.6) is 0 Å². The molecule has 0 fully saturated rings. The summed E-state index contributed by atoms with van der Waals surface area (Å²) in [5.74, 6) is 0. The molecule has 18 heavy (non-hydrogen) atoms. The fraction of sp³-hybridized carbons (Fsp3) is 0. The van der Waals surface area contributed by atoms with E-state index in [-0.39, 0.29) is 0 Å². The lowest BCUT2D eigenvalue weighted by molar-refractivity contribution is 1.38. The molecule has 0 unspecified atom stereocenters. The average Bonchev–Trinajstić information content (AvgIpc) is 2.34. The van der Waals surface area contributed by atoms with Crippen molar-refractivity contribution in [1.82, 2.24) is 0 Å². The second kappa shape index (κ2) is 5.86. The zero-order chi connectivity index (χ0) is 13.1. The molecule has 2 rings (SSSR count). The molecule has 2 aromatic rings. The molecule has 0 saturated heterocycles. The summed E-state index contributed by atoms with van der Waals surface area (Å²) < 4.78 is 0. The minimum atomic E-state index is 0.532. The topological polar surface area (TPSA) is 23.8 Å². The van der Waals surface area contributed by atoms with E-state index in [1.54, 1.807) is 30.3 Å². The molecule has 90 valence electrons. The highest BCUT2D eigenvalue weighted by molar-refractivity contribution is 7.99. The first kappa shape index (κ1) is 13.6. The zero-order valence-corrected chi connectivity index (χ0v) is 12.0. The van der Waals surface area contributed by atoms with Crippen LogP contribution in [0, 0.1) is 11.3 Å². The Kier molecular flexibility index (Phi) is 4.42. The minimum Gasteiger partial charge on any atom is -0.192 e. The fourth-order valence-electron chi connectivity index (χ4n) is 1.33. The number of benzene rings is 2. The SMILES string of the molecule is N#Cc1ccc(Sc2ccc(Cl)cc2Cl)c(Cl)c1. The molecule has 2 aromatic carbocycles. The van der Waals surface area contributed by atoms with Crippen molar-refractivity contribution in [1.29, 1.82) is 5.26 Å². The zero-order valence-electron chi connectivity index (χ0n) is 8.95. The maximum absolute atomic E-state index is 8.77. The van der Waals surface area contributed by atoms with Crippen LogP contribution in [-0.2, 0) is 0 Å². The number of halogens is 3. The quantitative estimate of drug-likeness (QED) is 0.713. The van der Waals surface area contributed by atoms with E-state index in [1.165, 1.54) is 11.8 Å². The smallest absolute Gasteiger partial charge is 0.0992 e. The standard InChI is InChI=1S/C13H6Cl3NS/c14-9-2-4-13(11(16)6-9)18-12-3-1-8(7-17)5-10(12)15/h1-6H. The summed E-state index contributed by atoms with van der Waals surface area (Å²) in [6, 6.07) is 12.5. The molecule has 5 heteroatoms. The van der Waals surface area contributed by atoms with Crippen LogP contribution in [0.1, 0.15) is 5.56 Å². The molecule has 0 heterocycles. The lowest BCUT2D eigenvalue weighted by Gasteiger charge is -2.06. The van der Waals surface area contributed by atoms with Gasteiger partial charge in [-0.05, 0) is 36.4 Å². The van der Waals surface area contributed by atoms with E-state index in [1.807, 2.05) is 12.1 Å². The van der Waals surface area contributed by atoms with E-state index in [0.717, 1.165) is 9.79 Å². The maximum atomic E-state index is 8.77. The predicted molar refractivity (Wildman–Crippen MR) is 76.8 cm³/mol. The minimum absolute atomic E-state index is 0.532. The van der Waals surface area contributed by atoms with E-state index in [2.05, 4.69) is 0 Å². The Morgan fingerprint density at radius 1 is 0.889 bits per heavy atom. The number of rotatable bonds is 2. The summed E-state index contributed by atoms with van der Waals surface area (Å²) in [4.78, 5) is 1.72. The monoisotopic (exact) mass is 313 g/mol. The highest BCUT2D eigenvalue weighted by atomic mass is 35.5. The van der Waals surface area contributed by atoms with Crippen molar-refractivity contribution < 1.29 is 0 Å². The second-order valence-corrected chi connectivity index (χ2v) is 5.77. The van der Waals surface area contributed by atoms with Gasteiger partial charge in [0.05, 0.1) is 21.7 Å². The summed E-state index contributed by atoms with van der Waals surface area (Å²) in [7, 11) is 0. The van der Waals surface area contributed by atoms with Crippen molar-refractivity contribution >= 4 is 46.6 Å². The summed E-state index contributed by atoms with van der Waals surface area (Å²) in [5, 5.41) is 10.5. The van der Waals surface area contributed by atoms with Crippen LogP contribution in [0.4, 0.5) is 0 Å². The Labute approximate surface area is 124 Å². The van der Waals surface area contributed by atoms with Crippen molar-refractivity contribution in [2.45, 2.75) is 9.79 Å². The molecule has 0 saturated carbocycles. The molecule has 0 amide bonds. The molecule has 0 radical (unpaired) electrons. The summed E-state index contributed by atoms with van der Waals surface area (Å²) in [6.45, 7) is 0. The van der Waals surface area contributed by atoms with Crippen LogP contribution in [0.2, 0.25) is 15.1 Å². The number of hydrogen-bond acceptors (Lipinski definition) is 2. The molecule has 0 aromatic heterocycles. The molecule has 0 aliphatic heterocycles. The van der Waals surface area contributed by atoms with Gasteiger partial charge in [0.25, 0.3) is 0 Å². The molecule has 0 bridgehead atoms. The fourth-order valence-corrected chi connectivity index (χ4v) is 2.97. The van der Waals surface area contributed by atoms with Gasteiger partial charge in [-0.2, -0.15) is 5.26 Å². The predicted octanol–water partition coefficient (Wildman–Crippen LogP) is 5.67. The van der Waals surface area contributed by atoms with E-state index in [9.17, 15) is 0 Å². The van der Waals surface area contributed by atoms with Crippen LogP contribution < -0.4 is 0 Å². The third kappa shape index (κ3) is 3.13. The summed E-state index contributed by atoms with van der Waals surface area (Å²) >= 11 is 19.5. The van der Waals surface area contributed by atoms with Gasteiger partial charge in [0.1, 0.15) is 0 Å². The molecular formula is C13H6Cl3NS. The third-order valence-electron chi connectivity index (χ3n) is 2.17. The van der Waals surface area contributed by atoms with Crippen LogP contribution in [0.3, 0.4) is 0 Å². The van der Waals surface area contributed by atoms with Crippen molar-refractivity contribution in [2.75, 3.05) is 0 Å². The number of nitriles is 1. The van der Waals surface area contributed by atoms with E-state index < -0.39 is 0 Å². The van der Waals surface area contributed by atoms with E-state index in [0.29, 0.717) is 20.6 Å². The van der Waals surface area contributed by atoms with E-state index >= 15 is 0 Å². The van der Waals surface area contributed by atoms with Crippen molar-refractivity contribution in [3.8, 4) is 6.07 Å². The second-order valence-electron chi connectivity index (χ2n) is 3.43. The van der Waals surface area contributed by atoms with Gasteiger partial charge in [-0.3, -0.25) is 0 Å². The van der Waals surface area contributed by atoms with Gasteiger partial charge in [0, 0.05) is 14.8 Å². The lowest BCUT2D eigenvalue weighted by atomic mass is 10.2. The van der Waals surface area contributed by atoms with Crippen molar-refractivity contribution in [3.05, 3.63) is 57.0 Å². The average molecular weight is 315 g/mol. The van der Waals surface area contributed by atoms with Gasteiger partial charge < -0.3 is 0 Å². The third-order valence-corrected chi connectivity index (χ3v) is 4.41. The van der Waals surface area contributed by atoms with Crippen LogP contribution in [0.15, 0.2) is 46.2 Å². The van der Waals surface area contributed by atoms with Gasteiger partial charge >= 0.3 is 0 Å². The Morgan fingerprint density at radius 3 is 2.06 bits per heavy atom. The molecule has 1 nitrogen and oxygen atoms in total. The molecule has 0 atom stereocenters. The largest absolute Gasteiger partial charge is 0.192 e. The highest BCUT2D eigenvalue weighted by Gasteiger charge is 2.07. The Bertz CT molecular complexity index is 635. The van der Waals surface area contributed by atoms with E-state index in [4.69, 9.17) is 40.1 Å². The van der Waals surface area contributed by atoms with Crippen molar-refractivity contribution in [2.24, 2.45) is 0 Å². The Balaban J connectivity index is 2.32. The van der Waals surface area contributed by atoms with Gasteiger partial charge in [-0.1, -0.05) is 46.6 Å². The lowest BCUT2D eigenvalue weighted by Crippen LogP contribution is -1.80. The molecular weight excluding hydrogens is 309 g/mol. The van der Waals surface area contributed by atoms with Crippen LogP contribution in [-0.4, -0.2) is 0 Å². The van der Waals surface area contributed by atoms with Gasteiger partial charge in [-0.15, -0.1) is 0 Å². The molecule has 0 N–H and O–H groups in total. The first-order chi connectivity index (χ1) is 8.60. The summed E-state index contributed by atoms with van der Waals surface area (Å²) in [5.41, 5.74) is 0.534. The molecule has 0 spiro atoms. The van der Waals surface area contributed by atoms with Gasteiger partial charge in [0.15, 0.2) is 0 Å². The summed E-state index contributed by atoms with van der Waals surface area (Å²) in [6.07, 6.45) is 0. The maximum Gasteiger partial charge on any atom is 0.0992 e. The van der Waals surface area contributed by atoms with Crippen molar-refractivity contribution in [3.63, 3.8) is 0 Å².